The monoisotopic (exact) mass is 239 g/mol. The van der Waals surface area contributed by atoms with Gasteiger partial charge in [0.2, 0.25) is 0 Å². The number of nitrogens with one attached hydrogen (secondary N) is 1. The van der Waals surface area contributed by atoms with Crippen LogP contribution in [-0.2, 0) is 4.74 Å². The highest BCUT2D eigenvalue weighted by Gasteiger charge is 2.08. The second-order valence-corrected chi connectivity index (χ2v) is 4.56. The third-order valence-electron chi connectivity index (χ3n) is 3.28. The minimum absolute atomic E-state index is 0.331. The van der Waals surface area contributed by atoms with Crippen molar-refractivity contribution in [3.63, 3.8) is 0 Å². The molecule has 18 heavy (non-hydrogen) atoms. The zero-order chi connectivity index (χ0) is 12.2. The van der Waals surface area contributed by atoms with Crippen LogP contribution in [0.2, 0.25) is 0 Å². The molecule has 2 aromatic rings. The lowest BCUT2D eigenvalue weighted by Gasteiger charge is -2.20. The molecule has 0 aromatic heterocycles. The molecule has 0 bridgehead atoms. The van der Waals surface area contributed by atoms with E-state index in [2.05, 4.69) is 59.9 Å². The van der Waals surface area contributed by atoms with Gasteiger partial charge in [0.25, 0.3) is 0 Å². The van der Waals surface area contributed by atoms with Crippen LogP contribution >= 0.6 is 0 Å². The van der Waals surface area contributed by atoms with E-state index in [1.54, 1.807) is 0 Å². The highest BCUT2D eigenvalue weighted by Crippen LogP contribution is 2.19. The Labute approximate surface area is 107 Å². The Balaban J connectivity index is 1.87. The van der Waals surface area contributed by atoms with Gasteiger partial charge in [-0.3, -0.25) is 0 Å². The van der Waals surface area contributed by atoms with Crippen LogP contribution in [0, 0.1) is 0 Å². The van der Waals surface area contributed by atoms with E-state index in [1.807, 2.05) is 0 Å². The standard InChI is InChI=1S/C16H17NO/c1-2-7-16-13(4-1)5-3-6-14(16)8-9-15-12-18-11-10-17-15/h1-9,15,17H,10-12H2/b9-8+. The van der Waals surface area contributed by atoms with Crippen molar-refractivity contribution in [3.8, 4) is 0 Å². The zero-order valence-corrected chi connectivity index (χ0v) is 10.3. The van der Waals surface area contributed by atoms with Gasteiger partial charge in [0.05, 0.1) is 13.2 Å². The van der Waals surface area contributed by atoms with Gasteiger partial charge in [-0.15, -0.1) is 0 Å². The van der Waals surface area contributed by atoms with Crippen LogP contribution in [0.5, 0.6) is 0 Å². The first kappa shape index (κ1) is 11.5. The number of hydrogen-bond donors (Lipinski definition) is 1. The summed E-state index contributed by atoms with van der Waals surface area (Å²) in [7, 11) is 0. The number of hydrogen-bond acceptors (Lipinski definition) is 2. The van der Waals surface area contributed by atoms with E-state index in [1.165, 1.54) is 16.3 Å². The van der Waals surface area contributed by atoms with E-state index in [0.29, 0.717) is 6.04 Å². The van der Waals surface area contributed by atoms with Crippen LogP contribution in [0.1, 0.15) is 5.56 Å². The molecule has 1 heterocycles. The maximum Gasteiger partial charge on any atom is 0.0656 e. The van der Waals surface area contributed by atoms with E-state index >= 15 is 0 Å². The van der Waals surface area contributed by atoms with Gasteiger partial charge in [-0.05, 0) is 16.3 Å². The fourth-order valence-corrected chi connectivity index (χ4v) is 2.32. The number of rotatable bonds is 2. The highest BCUT2D eigenvalue weighted by atomic mass is 16.5. The lowest BCUT2D eigenvalue weighted by atomic mass is 10.0. The van der Waals surface area contributed by atoms with Gasteiger partial charge >= 0.3 is 0 Å². The normalized spacial score (nSPS) is 20.6. The summed E-state index contributed by atoms with van der Waals surface area (Å²) >= 11 is 0. The second kappa shape index (κ2) is 5.34. The van der Waals surface area contributed by atoms with Gasteiger partial charge in [0, 0.05) is 12.6 Å². The minimum Gasteiger partial charge on any atom is -0.378 e. The Morgan fingerprint density at radius 2 is 2.00 bits per heavy atom. The van der Waals surface area contributed by atoms with Crippen LogP contribution in [0.4, 0.5) is 0 Å². The predicted molar refractivity (Wildman–Crippen MR) is 75.6 cm³/mol. The Bertz CT molecular complexity index is 551. The summed E-state index contributed by atoms with van der Waals surface area (Å²) in [6, 6.07) is 15.2. The molecule has 1 aliphatic rings. The fraction of sp³-hybridized carbons (Fsp3) is 0.250. The molecule has 0 spiro atoms. The van der Waals surface area contributed by atoms with Gasteiger partial charge in [0.15, 0.2) is 0 Å². The molecule has 1 saturated heterocycles. The molecule has 2 nitrogen and oxygen atoms in total. The Hall–Kier alpha value is -1.64. The van der Waals surface area contributed by atoms with Gasteiger partial charge < -0.3 is 10.1 Å². The topological polar surface area (TPSA) is 21.3 Å². The number of ether oxygens (including phenoxy) is 1. The average molecular weight is 239 g/mol. The van der Waals surface area contributed by atoms with Crippen molar-refractivity contribution in [2.75, 3.05) is 19.8 Å². The SMILES string of the molecule is C(=C\C1COCCN1)/c1cccc2ccccc12. The van der Waals surface area contributed by atoms with E-state index in [0.717, 1.165) is 19.8 Å². The quantitative estimate of drug-likeness (QED) is 0.870. The molecule has 0 radical (unpaired) electrons. The molecule has 2 aromatic carbocycles. The second-order valence-electron chi connectivity index (χ2n) is 4.56. The summed E-state index contributed by atoms with van der Waals surface area (Å²) in [6.07, 6.45) is 4.38. The molecule has 0 saturated carbocycles. The predicted octanol–water partition coefficient (Wildman–Crippen LogP) is 2.84. The first-order chi connectivity index (χ1) is 8.93. The van der Waals surface area contributed by atoms with Gasteiger partial charge in [0.1, 0.15) is 0 Å². The average Bonchev–Trinajstić information content (AvgIpc) is 2.46. The van der Waals surface area contributed by atoms with Crippen LogP contribution in [0.25, 0.3) is 16.8 Å². The molecule has 1 atom stereocenters. The van der Waals surface area contributed by atoms with E-state index in [-0.39, 0.29) is 0 Å². The van der Waals surface area contributed by atoms with Gasteiger partial charge in [-0.25, -0.2) is 0 Å². The third kappa shape index (κ3) is 2.45. The Morgan fingerprint density at radius 3 is 2.89 bits per heavy atom. The van der Waals surface area contributed by atoms with Gasteiger partial charge in [-0.2, -0.15) is 0 Å². The first-order valence-electron chi connectivity index (χ1n) is 6.40. The molecule has 1 N–H and O–H groups in total. The summed E-state index contributed by atoms with van der Waals surface area (Å²) in [4.78, 5) is 0. The first-order valence-corrected chi connectivity index (χ1v) is 6.40. The minimum atomic E-state index is 0.331. The van der Waals surface area contributed by atoms with Crippen LogP contribution in [0.15, 0.2) is 48.5 Å². The van der Waals surface area contributed by atoms with Crippen molar-refractivity contribution >= 4 is 16.8 Å². The molecule has 1 aliphatic heterocycles. The lowest BCUT2D eigenvalue weighted by Crippen LogP contribution is -2.39. The molecule has 2 heteroatoms. The smallest absolute Gasteiger partial charge is 0.0656 e. The van der Waals surface area contributed by atoms with Crippen molar-refractivity contribution in [2.24, 2.45) is 0 Å². The number of morpholine rings is 1. The zero-order valence-electron chi connectivity index (χ0n) is 10.3. The third-order valence-corrected chi connectivity index (χ3v) is 3.28. The van der Waals surface area contributed by atoms with Crippen LogP contribution in [-0.4, -0.2) is 25.8 Å². The van der Waals surface area contributed by atoms with Crippen molar-refractivity contribution in [3.05, 3.63) is 54.1 Å². The Morgan fingerprint density at radius 1 is 1.11 bits per heavy atom. The molecule has 0 aliphatic carbocycles. The summed E-state index contributed by atoms with van der Waals surface area (Å²) in [5.74, 6) is 0. The van der Waals surface area contributed by atoms with Crippen molar-refractivity contribution < 1.29 is 4.74 Å². The Kier molecular flexibility index (Phi) is 3.40. The van der Waals surface area contributed by atoms with E-state index in [9.17, 15) is 0 Å². The summed E-state index contributed by atoms with van der Waals surface area (Å²) in [5.41, 5.74) is 1.26. The lowest BCUT2D eigenvalue weighted by molar-refractivity contribution is 0.0903. The summed E-state index contributed by atoms with van der Waals surface area (Å²) < 4.78 is 5.44. The largest absolute Gasteiger partial charge is 0.378 e. The van der Waals surface area contributed by atoms with Crippen molar-refractivity contribution in [1.82, 2.24) is 5.32 Å². The maximum atomic E-state index is 5.44. The molecule has 1 unspecified atom stereocenters. The van der Waals surface area contributed by atoms with Crippen molar-refractivity contribution in [1.29, 1.82) is 0 Å². The molecule has 3 rings (SSSR count). The van der Waals surface area contributed by atoms with E-state index in [4.69, 9.17) is 4.74 Å². The van der Waals surface area contributed by atoms with Gasteiger partial charge in [-0.1, -0.05) is 54.6 Å². The maximum absolute atomic E-state index is 5.44. The van der Waals surface area contributed by atoms with Crippen LogP contribution in [0.3, 0.4) is 0 Å². The molecular weight excluding hydrogens is 222 g/mol. The van der Waals surface area contributed by atoms with Crippen molar-refractivity contribution in [2.45, 2.75) is 6.04 Å². The summed E-state index contributed by atoms with van der Waals surface area (Å²) in [6.45, 7) is 2.52. The fourth-order valence-electron chi connectivity index (χ4n) is 2.32. The van der Waals surface area contributed by atoms with E-state index < -0.39 is 0 Å². The molecular formula is C16H17NO. The number of fused-ring (bicyclic) bond motifs is 1. The molecule has 0 amide bonds. The molecule has 1 fully saturated rings. The highest BCUT2D eigenvalue weighted by molar-refractivity contribution is 5.90. The summed E-state index contributed by atoms with van der Waals surface area (Å²) in [5, 5.41) is 6.01. The number of benzene rings is 2. The molecule has 92 valence electrons. The van der Waals surface area contributed by atoms with Crippen LogP contribution < -0.4 is 5.32 Å².